The molecule has 0 aliphatic carbocycles. The fourth-order valence-electron chi connectivity index (χ4n) is 2.67. The minimum Gasteiger partial charge on any atom is -0.361 e. The van der Waals surface area contributed by atoms with Gasteiger partial charge in [0.2, 0.25) is 5.95 Å². The molecule has 0 aliphatic rings. The van der Waals surface area contributed by atoms with Crippen molar-refractivity contribution >= 4 is 22.5 Å². The molecule has 0 saturated heterocycles. The smallest absolute Gasteiger partial charge is 0.227 e. The Bertz CT molecular complexity index is 982. The van der Waals surface area contributed by atoms with Crippen LogP contribution in [0.15, 0.2) is 49.2 Å². The lowest BCUT2D eigenvalue weighted by molar-refractivity contribution is 0.913. The number of imidazole rings is 1. The second kappa shape index (κ2) is 5.24. The molecule has 0 unspecified atom stereocenters. The Morgan fingerprint density at radius 1 is 1.13 bits per heavy atom. The minimum atomic E-state index is 0.558. The van der Waals surface area contributed by atoms with E-state index in [1.54, 1.807) is 12.5 Å². The van der Waals surface area contributed by atoms with E-state index in [4.69, 9.17) is 0 Å². The molecule has 0 amide bonds. The van der Waals surface area contributed by atoms with Gasteiger partial charge in [0, 0.05) is 42.2 Å². The van der Waals surface area contributed by atoms with Crippen molar-refractivity contribution in [1.29, 1.82) is 0 Å². The Balaban J connectivity index is 1.67. The largest absolute Gasteiger partial charge is 0.361 e. The van der Waals surface area contributed by atoms with Crippen LogP contribution in [0.5, 0.6) is 0 Å². The summed E-state index contributed by atoms with van der Waals surface area (Å²) in [6.07, 6.45) is 7.37. The number of hydrogen-bond donors (Lipinski definition) is 2. The molecule has 6 nitrogen and oxygen atoms in total. The highest BCUT2D eigenvalue weighted by molar-refractivity contribution is 5.86. The molecule has 114 valence electrons. The normalized spacial score (nSPS) is 11.0. The third kappa shape index (κ3) is 2.55. The highest BCUT2D eigenvalue weighted by Crippen LogP contribution is 2.24. The van der Waals surface area contributed by atoms with Gasteiger partial charge in [-0.3, -0.25) is 0 Å². The third-order valence-corrected chi connectivity index (χ3v) is 3.74. The SMILES string of the molecule is Cc1cc(Nc2nccc(-c3cn(C)cn3)n2)cc2cc[nH]c12. The van der Waals surface area contributed by atoms with Crippen molar-refractivity contribution in [2.45, 2.75) is 6.92 Å². The number of aryl methyl sites for hydroxylation is 2. The van der Waals surface area contributed by atoms with Gasteiger partial charge in [0.1, 0.15) is 5.69 Å². The maximum Gasteiger partial charge on any atom is 0.227 e. The Morgan fingerprint density at radius 2 is 2.04 bits per heavy atom. The van der Waals surface area contributed by atoms with Gasteiger partial charge in [-0.2, -0.15) is 0 Å². The van der Waals surface area contributed by atoms with Crippen LogP contribution in [0.3, 0.4) is 0 Å². The molecule has 0 bridgehead atoms. The van der Waals surface area contributed by atoms with Gasteiger partial charge in [0.25, 0.3) is 0 Å². The molecule has 4 rings (SSSR count). The van der Waals surface area contributed by atoms with E-state index in [9.17, 15) is 0 Å². The first-order valence-electron chi connectivity index (χ1n) is 7.35. The molecule has 2 N–H and O–H groups in total. The second-order valence-electron chi connectivity index (χ2n) is 5.55. The molecule has 3 aromatic heterocycles. The molecule has 0 spiro atoms. The van der Waals surface area contributed by atoms with Crippen LogP contribution in [0.1, 0.15) is 5.56 Å². The van der Waals surface area contributed by atoms with E-state index in [1.165, 1.54) is 5.56 Å². The molecule has 6 heteroatoms. The first-order valence-corrected chi connectivity index (χ1v) is 7.35. The highest BCUT2D eigenvalue weighted by Gasteiger charge is 2.07. The predicted octanol–water partition coefficient (Wildman–Crippen LogP) is 3.41. The summed E-state index contributed by atoms with van der Waals surface area (Å²) in [4.78, 5) is 16.4. The molecule has 1 aromatic carbocycles. The van der Waals surface area contributed by atoms with Gasteiger partial charge in [-0.05, 0) is 36.8 Å². The number of aromatic amines is 1. The summed E-state index contributed by atoms with van der Waals surface area (Å²) >= 11 is 0. The van der Waals surface area contributed by atoms with Gasteiger partial charge in [-0.25, -0.2) is 15.0 Å². The Morgan fingerprint density at radius 3 is 2.87 bits per heavy atom. The van der Waals surface area contributed by atoms with Crippen LogP contribution in [0.2, 0.25) is 0 Å². The predicted molar refractivity (Wildman–Crippen MR) is 90.6 cm³/mol. The number of anilines is 2. The fraction of sp³-hybridized carbons (Fsp3) is 0.118. The zero-order valence-corrected chi connectivity index (χ0v) is 12.9. The van der Waals surface area contributed by atoms with Gasteiger partial charge in [0.15, 0.2) is 0 Å². The average molecular weight is 304 g/mol. The highest BCUT2D eigenvalue weighted by atomic mass is 15.1. The van der Waals surface area contributed by atoms with E-state index < -0.39 is 0 Å². The number of fused-ring (bicyclic) bond motifs is 1. The molecule has 0 aliphatic heterocycles. The summed E-state index contributed by atoms with van der Waals surface area (Å²) in [5.41, 5.74) is 4.92. The summed E-state index contributed by atoms with van der Waals surface area (Å²) in [6, 6.07) is 8.07. The maximum atomic E-state index is 4.54. The monoisotopic (exact) mass is 304 g/mol. The Labute approximate surface area is 133 Å². The minimum absolute atomic E-state index is 0.558. The van der Waals surface area contributed by atoms with Crippen LogP contribution >= 0.6 is 0 Å². The van der Waals surface area contributed by atoms with E-state index >= 15 is 0 Å². The number of nitrogens with zero attached hydrogens (tertiary/aromatic N) is 4. The van der Waals surface area contributed by atoms with Crippen LogP contribution in [-0.4, -0.2) is 24.5 Å². The number of hydrogen-bond acceptors (Lipinski definition) is 4. The molecule has 0 radical (unpaired) electrons. The van der Waals surface area contributed by atoms with Crippen LogP contribution in [-0.2, 0) is 7.05 Å². The number of rotatable bonds is 3. The molecule has 23 heavy (non-hydrogen) atoms. The van der Waals surface area contributed by atoms with Gasteiger partial charge in [-0.15, -0.1) is 0 Å². The van der Waals surface area contributed by atoms with Crippen LogP contribution in [0.4, 0.5) is 11.6 Å². The van der Waals surface area contributed by atoms with E-state index in [1.807, 2.05) is 30.1 Å². The molecule has 3 heterocycles. The quantitative estimate of drug-likeness (QED) is 0.608. The van der Waals surface area contributed by atoms with E-state index in [0.717, 1.165) is 28.0 Å². The summed E-state index contributed by atoms with van der Waals surface area (Å²) < 4.78 is 1.90. The summed E-state index contributed by atoms with van der Waals surface area (Å²) in [5.74, 6) is 0.558. The van der Waals surface area contributed by atoms with E-state index in [2.05, 4.69) is 50.4 Å². The standard InChI is InChI=1S/C17H16N6/c1-11-7-13(8-12-3-5-18-16(11)12)21-17-19-6-4-14(22-17)15-9-23(2)10-20-15/h3-10,18H,1-2H3,(H,19,21,22). The zero-order chi connectivity index (χ0) is 15.8. The lowest BCUT2D eigenvalue weighted by Gasteiger charge is -2.07. The third-order valence-electron chi connectivity index (χ3n) is 3.74. The van der Waals surface area contributed by atoms with Crippen molar-refractivity contribution in [3.8, 4) is 11.4 Å². The second-order valence-corrected chi connectivity index (χ2v) is 5.55. The van der Waals surface area contributed by atoms with E-state index in [-0.39, 0.29) is 0 Å². The first kappa shape index (κ1) is 13.5. The molecule has 0 atom stereocenters. The van der Waals surface area contributed by atoms with Gasteiger partial charge < -0.3 is 14.9 Å². The van der Waals surface area contributed by atoms with Gasteiger partial charge >= 0.3 is 0 Å². The van der Waals surface area contributed by atoms with Crippen LogP contribution in [0, 0.1) is 6.92 Å². The number of nitrogens with one attached hydrogen (secondary N) is 2. The van der Waals surface area contributed by atoms with Crippen molar-refractivity contribution in [2.75, 3.05) is 5.32 Å². The summed E-state index contributed by atoms with van der Waals surface area (Å²) in [5, 5.41) is 4.43. The number of aromatic nitrogens is 5. The molecule has 4 aromatic rings. The van der Waals surface area contributed by atoms with Crippen molar-refractivity contribution in [3.63, 3.8) is 0 Å². The Kier molecular flexibility index (Phi) is 3.08. The molecular formula is C17H16N6. The van der Waals surface area contributed by atoms with Crippen LogP contribution in [0.25, 0.3) is 22.3 Å². The molecular weight excluding hydrogens is 288 g/mol. The lowest BCUT2D eigenvalue weighted by atomic mass is 10.1. The molecule has 0 saturated carbocycles. The van der Waals surface area contributed by atoms with Crippen molar-refractivity contribution in [3.05, 3.63) is 54.7 Å². The average Bonchev–Trinajstić information content (AvgIpc) is 3.16. The maximum absolute atomic E-state index is 4.54. The van der Waals surface area contributed by atoms with E-state index in [0.29, 0.717) is 5.95 Å². The fourth-order valence-corrected chi connectivity index (χ4v) is 2.67. The Hall–Kier alpha value is -3.15. The van der Waals surface area contributed by atoms with Gasteiger partial charge in [0.05, 0.1) is 12.0 Å². The number of benzene rings is 1. The summed E-state index contributed by atoms with van der Waals surface area (Å²) in [6.45, 7) is 2.08. The topological polar surface area (TPSA) is 71.4 Å². The summed E-state index contributed by atoms with van der Waals surface area (Å²) in [7, 11) is 1.94. The number of H-pyrrole nitrogens is 1. The van der Waals surface area contributed by atoms with Gasteiger partial charge in [-0.1, -0.05) is 0 Å². The molecule has 0 fully saturated rings. The van der Waals surface area contributed by atoms with Crippen LogP contribution < -0.4 is 5.32 Å². The van der Waals surface area contributed by atoms with Crippen molar-refractivity contribution in [1.82, 2.24) is 24.5 Å². The first-order chi connectivity index (χ1) is 11.2. The zero-order valence-electron chi connectivity index (χ0n) is 12.9. The van der Waals surface area contributed by atoms with Crippen molar-refractivity contribution in [2.24, 2.45) is 7.05 Å². The lowest BCUT2D eigenvalue weighted by Crippen LogP contribution is -1.98. The van der Waals surface area contributed by atoms with Crippen molar-refractivity contribution < 1.29 is 0 Å².